The lowest BCUT2D eigenvalue weighted by atomic mass is 10.1. The molecule has 1 heterocycles. The van der Waals surface area contributed by atoms with Crippen LogP contribution in [0.1, 0.15) is 17.3 Å². The van der Waals surface area contributed by atoms with Gasteiger partial charge in [-0.15, -0.1) is 0 Å². The van der Waals surface area contributed by atoms with Crippen molar-refractivity contribution in [2.75, 3.05) is 10.6 Å². The Morgan fingerprint density at radius 3 is 2.40 bits per heavy atom. The number of carbonyl (C=O) groups excluding carboxylic acids is 2. The third-order valence-electron chi connectivity index (χ3n) is 2.57. The van der Waals surface area contributed by atoms with Crippen LogP contribution in [0.5, 0.6) is 0 Å². The summed E-state index contributed by atoms with van der Waals surface area (Å²) >= 11 is 3.29. The number of rotatable bonds is 3. The molecule has 1 aromatic carbocycles. The molecule has 0 saturated heterocycles. The summed E-state index contributed by atoms with van der Waals surface area (Å²) in [6, 6.07) is 8.01. The lowest BCUT2D eigenvalue weighted by Crippen LogP contribution is -2.19. The molecule has 0 fully saturated rings. The van der Waals surface area contributed by atoms with E-state index in [0.717, 1.165) is 0 Å². The van der Waals surface area contributed by atoms with E-state index in [-0.39, 0.29) is 11.8 Å². The number of ketones is 1. The van der Waals surface area contributed by atoms with Crippen molar-refractivity contribution in [2.45, 2.75) is 6.92 Å². The molecule has 20 heavy (non-hydrogen) atoms. The Morgan fingerprint density at radius 1 is 1.10 bits per heavy atom. The van der Waals surface area contributed by atoms with E-state index in [9.17, 15) is 9.59 Å². The van der Waals surface area contributed by atoms with E-state index in [2.05, 4.69) is 31.5 Å². The molecule has 2 amide bonds. The number of anilines is 2. The lowest BCUT2D eigenvalue weighted by molar-refractivity contribution is 0.101. The van der Waals surface area contributed by atoms with Gasteiger partial charge in [0.05, 0.1) is 10.2 Å². The maximum Gasteiger partial charge on any atom is 0.323 e. The van der Waals surface area contributed by atoms with Crippen molar-refractivity contribution in [1.29, 1.82) is 0 Å². The molecule has 0 aliphatic carbocycles. The Hall–Kier alpha value is -2.21. The van der Waals surface area contributed by atoms with Crippen molar-refractivity contribution in [3.05, 3.63) is 52.8 Å². The zero-order valence-electron chi connectivity index (χ0n) is 10.7. The number of Topliss-reactive ketones (excluding diaryl/α,β-unsaturated/α-hetero) is 1. The number of hydrogen-bond acceptors (Lipinski definition) is 3. The fraction of sp³-hybridized carbons (Fsp3) is 0.0714. The van der Waals surface area contributed by atoms with E-state index in [1.807, 2.05) is 0 Å². The molecule has 0 unspecified atom stereocenters. The lowest BCUT2D eigenvalue weighted by Gasteiger charge is -2.09. The number of urea groups is 1. The van der Waals surface area contributed by atoms with Crippen LogP contribution in [-0.2, 0) is 0 Å². The van der Waals surface area contributed by atoms with Gasteiger partial charge in [0.15, 0.2) is 5.78 Å². The maximum absolute atomic E-state index is 11.8. The molecule has 2 aromatic rings. The normalized spacial score (nSPS) is 9.90. The van der Waals surface area contributed by atoms with Crippen LogP contribution in [0.25, 0.3) is 0 Å². The van der Waals surface area contributed by atoms with Crippen LogP contribution in [0.3, 0.4) is 0 Å². The summed E-state index contributed by atoms with van der Waals surface area (Å²) in [6.45, 7) is 1.50. The first-order valence-corrected chi connectivity index (χ1v) is 6.64. The first-order valence-electron chi connectivity index (χ1n) is 5.85. The Labute approximate surface area is 124 Å². The van der Waals surface area contributed by atoms with Gasteiger partial charge < -0.3 is 10.6 Å². The van der Waals surface area contributed by atoms with E-state index in [1.54, 1.807) is 42.7 Å². The SMILES string of the molecule is CC(=O)c1ccc(NC(=O)Nc2ccncc2Br)cc1. The van der Waals surface area contributed by atoms with Gasteiger partial charge in [-0.1, -0.05) is 0 Å². The Kier molecular flexibility index (Phi) is 4.47. The number of nitrogens with zero attached hydrogens (tertiary/aromatic N) is 1. The molecular weight excluding hydrogens is 322 g/mol. The van der Waals surface area contributed by atoms with Crippen LogP contribution in [0.2, 0.25) is 0 Å². The molecule has 5 nitrogen and oxygen atoms in total. The van der Waals surface area contributed by atoms with Crippen LogP contribution in [0.4, 0.5) is 16.2 Å². The summed E-state index contributed by atoms with van der Waals surface area (Å²) in [5, 5.41) is 5.37. The second-order valence-corrected chi connectivity index (χ2v) is 4.92. The van der Waals surface area contributed by atoms with Gasteiger partial charge >= 0.3 is 6.03 Å². The van der Waals surface area contributed by atoms with Gasteiger partial charge in [-0.25, -0.2) is 4.79 Å². The molecule has 102 valence electrons. The van der Waals surface area contributed by atoms with Crippen LogP contribution >= 0.6 is 15.9 Å². The van der Waals surface area contributed by atoms with Crippen LogP contribution in [-0.4, -0.2) is 16.8 Å². The number of nitrogens with one attached hydrogen (secondary N) is 2. The minimum absolute atomic E-state index is 0.0123. The van der Waals surface area contributed by atoms with Crippen molar-refractivity contribution < 1.29 is 9.59 Å². The number of aromatic nitrogens is 1. The predicted molar refractivity (Wildman–Crippen MR) is 81.0 cm³/mol. The fourth-order valence-electron chi connectivity index (χ4n) is 1.55. The van der Waals surface area contributed by atoms with Gasteiger partial charge in [0, 0.05) is 23.6 Å². The first-order chi connectivity index (χ1) is 9.56. The van der Waals surface area contributed by atoms with Crippen LogP contribution in [0, 0.1) is 0 Å². The molecule has 0 radical (unpaired) electrons. The standard InChI is InChI=1S/C14H12BrN3O2/c1-9(19)10-2-4-11(5-3-10)17-14(20)18-13-6-7-16-8-12(13)15/h2-8H,1H3,(H2,16,17,18,20). The van der Waals surface area contributed by atoms with Gasteiger partial charge in [0.25, 0.3) is 0 Å². The monoisotopic (exact) mass is 333 g/mol. The summed E-state index contributed by atoms with van der Waals surface area (Å²) in [7, 11) is 0. The van der Waals surface area contributed by atoms with E-state index < -0.39 is 0 Å². The Bertz CT molecular complexity index is 641. The second kappa shape index (κ2) is 6.29. The highest BCUT2D eigenvalue weighted by Crippen LogP contribution is 2.20. The number of carbonyl (C=O) groups is 2. The molecule has 0 bridgehead atoms. The van der Waals surface area contributed by atoms with Crippen molar-refractivity contribution in [3.8, 4) is 0 Å². The van der Waals surface area contributed by atoms with Crippen molar-refractivity contribution in [1.82, 2.24) is 4.98 Å². The highest BCUT2D eigenvalue weighted by atomic mass is 79.9. The van der Waals surface area contributed by atoms with E-state index in [1.165, 1.54) is 6.92 Å². The quantitative estimate of drug-likeness (QED) is 0.841. The third-order valence-corrected chi connectivity index (χ3v) is 3.20. The van der Waals surface area contributed by atoms with Crippen LogP contribution in [0.15, 0.2) is 47.2 Å². The second-order valence-electron chi connectivity index (χ2n) is 4.07. The Balaban J connectivity index is 2.01. The molecule has 0 spiro atoms. The van der Waals surface area contributed by atoms with Gasteiger partial charge in [-0.2, -0.15) is 0 Å². The summed E-state index contributed by atoms with van der Waals surface area (Å²) in [5.41, 5.74) is 1.84. The molecule has 0 aliphatic rings. The minimum atomic E-state index is -0.368. The predicted octanol–water partition coefficient (Wildman–Crippen LogP) is 3.69. The largest absolute Gasteiger partial charge is 0.323 e. The zero-order chi connectivity index (χ0) is 14.5. The highest BCUT2D eigenvalue weighted by Gasteiger charge is 2.06. The molecule has 0 aliphatic heterocycles. The summed E-state index contributed by atoms with van der Waals surface area (Å²) < 4.78 is 0.696. The summed E-state index contributed by atoms with van der Waals surface area (Å²) in [5.74, 6) is -0.0123. The number of pyridine rings is 1. The smallest absolute Gasteiger partial charge is 0.308 e. The van der Waals surface area contributed by atoms with Crippen molar-refractivity contribution in [3.63, 3.8) is 0 Å². The van der Waals surface area contributed by atoms with Crippen molar-refractivity contribution in [2.24, 2.45) is 0 Å². The molecule has 1 aromatic heterocycles. The average Bonchev–Trinajstić information content (AvgIpc) is 2.42. The highest BCUT2D eigenvalue weighted by molar-refractivity contribution is 9.10. The zero-order valence-corrected chi connectivity index (χ0v) is 12.3. The van der Waals surface area contributed by atoms with Gasteiger partial charge in [0.1, 0.15) is 0 Å². The average molecular weight is 334 g/mol. The van der Waals surface area contributed by atoms with Crippen molar-refractivity contribution >= 4 is 39.1 Å². The van der Waals surface area contributed by atoms with Gasteiger partial charge in [0.2, 0.25) is 0 Å². The Morgan fingerprint density at radius 2 is 1.80 bits per heavy atom. The van der Waals surface area contributed by atoms with Gasteiger partial charge in [-0.05, 0) is 53.2 Å². The topological polar surface area (TPSA) is 71.1 Å². The molecule has 0 atom stereocenters. The number of benzene rings is 1. The molecule has 6 heteroatoms. The first kappa shape index (κ1) is 14.2. The third kappa shape index (κ3) is 3.64. The van der Waals surface area contributed by atoms with E-state index >= 15 is 0 Å². The maximum atomic E-state index is 11.8. The summed E-state index contributed by atoms with van der Waals surface area (Å²) in [6.07, 6.45) is 3.18. The molecule has 0 saturated carbocycles. The van der Waals surface area contributed by atoms with E-state index in [0.29, 0.717) is 21.4 Å². The fourth-order valence-corrected chi connectivity index (χ4v) is 1.90. The minimum Gasteiger partial charge on any atom is -0.308 e. The van der Waals surface area contributed by atoms with Gasteiger partial charge in [-0.3, -0.25) is 9.78 Å². The molecule has 2 rings (SSSR count). The van der Waals surface area contributed by atoms with Crippen LogP contribution < -0.4 is 10.6 Å². The number of hydrogen-bond donors (Lipinski definition) is 2. The summed E-state index contributed by atoms with van der Waals surface area (Å²) in [4.78, 5) is 26.9. The number of halogens is 1. The number of amides is 2. The van der Waals surface area contributed by atoms with E-state index in [4.69, 9.17) is 0 Å². The molecule has 2 N–H and O–H groups in total. The molecular formula is C14H12BrN3O2.